The molecule has 2 rings (SSSR count). The number of nitrogens with one attached hydrogen (secondary N) is 1. The van der Waals surface area contributed by atoms with Crippen LogP contribution in [-0.2, 0) is 9.53 Å². The molecule has 0 aliphatic rings. The van der Waals surface area contributed by atoms with E-state index in [1.807, 2.05) is 13.8 Å². The molecule has 0 aromatic heterocycles. The fourth-order valence-electron chi connectivity index (χ4n) is 2.40. The number of carbonyl (C=O) groups is 2. The number of halogens is 3. The monoisotopic (exact) mass is 503 g/mol. The Morgan fingerprint density at radius 3 is 2.18 bits per heavy atom. The molecule has 0 heterocycles. The van der Waals surface area contributed by atoms with Crippen LogP contribution in [0.1, 0.15) is 20.8 Å². The number of nitrogens with zero attached hydrogens (tertiary/aromatic N) is 2. The van der Waals surface area contributed by atoms with E-state index in [4.69, 9.17) is 14.7 Å². The van der Waals surface area contributed by atoms with Crippen molar-refractivity contribution in [2.24, 2.45) is 0 Å². The van der Waals surface area contributed by atoms with Gasteiger partial charge in [0.05, 0.1) is 13.2 Å². The molecule has 0 radical (unpaired) electrons. The molecule has 188 valence electrons. The van der Waals surface area contributed by atoms with E-state index in [-0.39, 0.29) is 36.9 Å². The molecule has 2 N–H and O–H groups in total. The van der Waals surface area contributed by atoms with Gasteiger partial charge >= 0.3 is 6.09 Å². The van der Waals surface area contributed by atoms with Crippen LogP contribution < -0.4 is 10.2 Å². The van der Waals surface area contributed by atoms with Crippen LogP contribution in [-0.4, -0.2) is 59.7 Å². The molecule has 2 aromatic carbocycles. The third kappa shape index (κ3) is 9.49. The molecule has 0 saturated heterocycles. The summed E-state index contributed by atoms with van der Waals surface area (Å²) >= 11 is 0.842. The highest BCUT2D eigenvalue weighted by molar-refractivity contribution is 7.97. The maximum atomic E-state index is 14.5. The predicted molar refractivity (Wildman–Crippen MR) is 121 cm³/mol. The Labute approximate surface area is 200 Å². The SMILES string of the molecule is CC.CCOC(=O)N(C)CCN(CC(=O)NO)Sc1cc(F)c(Oc2ccc(F)cc2)c(F)c1. The number of likely N-dealkylation sites (N-methyl/N-ethyl adjacent to an activating group) is 1. The van der Waals surface area contributed by atoms with Gasteiger partial charge in [0.15, 0.2) is 17.4 Å². The molecule has 0 bridgehead atoms. The van der Waals surface area contributed by atoms with Crippen molar-refractivity contribution >= 4 is 23.9 Å². The Kier molecular flexibility index (Phi) is 12.9. The highest BCUT2D eigenvalue weighted by Gasteiger charge is 2.19. The second-order valence-corrected chi connectivity index (χ2v) is 7.55. The van der Waals surface area contributed by atoms with Gasteiger partial charge in [0.25, 0.3) is 5.91 Å². The highest BCUT2D eigenvalue weighted by Crippen LogP contribution is 2.33. The summed E-state index contributed by atoms with van der Waals surface area (Å²) < 4.78 is 53.4. The van der Waals surface area contributed by atoms with Gasteiger partial charge in [-0.25, -0.2) is 27.8 Å². The van der Waals surface area contributed by atoms with Crippen LogP contribution in [0.2, 0.25) is 0 Å². The van der Waals surface area contributed by atoms with E-state index < -0.39 is 35.2 Å². The average Bonchev–Trinajstić information content (AvgIpc) is 2.82. The molecule has 12 heteroatoms. The van der Waals surface area contributed by atoms with E-state index in [0.29, 0.717) is 0 Å². The summed E-state index contributed by atoms with van der Waals surface area (Å²) in [7, 11) is 1.49. The maximum absolute atomic E-state index is 14.5. The topological polar surface area (TPSA) is 91.3 Å². The summed E-state index contributed by atoms with van der Waals surface area (Å²) in [6.45, 7) is 5.78. The molecule has 0 aliphatic carbocycles. The van der Waals surface area contributed by atoms with Crippen molar-refractivity contribution in [3.63, 3.8) is 0 Å². The third-order valence-corrected chi connectivity index (χ3v) is 4.97. The summed E-state index contributed by atoms with van der Waals surface area (Å²) in [5, 5.41) is 8.79. The normalized spacial score (nSPS) is 10.3. The average molecular weight is 504 g/mol. The maximum Gasteiger partial charge on any atom is 0.409 e. The predicted octanol–water partition coefficient (Wildman–Crippen LogP) is 4.83. The first kappa shape index (κ1) is 29.1. The molecule has 0 saturated carbocycles. The molecule has 34 heavy (non-hydrogen) atoms. The van der Waals surface area contributed by atoms with Crippen LogP contribution >= 0.6 is 11.9 Å². The van der Waals surface area contributed by atoms with E-state index in [9.17, 15) is 22.8 Å². The van der Waals surface area contributed by atoms with Gasteiger partial charge in [-0.1, -0.05) is 13.8 Å². The quantitative estimate of drug-likeness (QED) is 0.273. The summed E-state index contributed by atoms with van der Waals surface area (Å²) in [5.41, 5.74) is 1.48. The first-order valence-electron chi connectivity index (χ1n) is 10.4. The number of amides is 2. The molecule has 2 aromatic rings. The van der Waals surface area contributed by atoms with Gasteiger partial charge in [-0.3, -0.25) is 10.0 Å². The lowest BCUT2D eigenvalue weighted by Gasteiger charge is -2.23. The minimum Gasteiger partial charge on any atom is -0.451 e. The van der Waals surface area contributed by atoms with Crippen LogP contribution in [0.25, 0.3) is 0 Å². The number of carbonyl (C=O) groups excluding carboxylic acids is 2. The van der Waals surface area contributed by atoms with Gasteiger partial charge in [-0.05, 0) is 55.3 Å². The van der Waals surface area contributed by atoms with E-state index >= 15 is 0 Å². The van der Waals surface area contributed by atoms with Crippen LogP contribution in [0.3, 0.4) is 0 Å². The lowest BCUT2D eigenvalue weighted by molar-refractivity contribution is -0.129. The van der Waals surface area contributed by atoms with Crippen molar-refractivity contribution in [1.29, 1.82) is 0 Å². The Morgan fingerprint density at radius 2 is 1.65 bits per heavy atom. The Hall–Kier alpha value is -2.96. The summed E-state index contributed by atoms with van der Waals surface area (Å²) in [6, 6.07) is 6.65. The molecular weight excluding hydrogens is 475 g/mol. The number of ether oxygens (including phenoxy) is 2. The van der Waals surface area contributed by atoms with Gasteiger partial charge in [-0.15, -0.1) is 0 Å². The number of hydrogen-bond acceptors (Lipinski definition) is 7. The second-order valence-electron chi connectivity index (χ2n) is 6.38. The smallest absolute Gasteiger partial charge is 0.409 e. The first-order valence-corrected chi connectivity index (χ1v) is 11.2. The van der Waals surface area contributed by atoms with Gasteiger partial charge in [0, 0.05) is 25.0 Å². The molecule has 0 spiro atoms. The van der Waals surface area contributed by atoms with Crippen molar-refractivity contribution in [2.75, 3.05) is 33.3 Å². The highest BCUT2D eigenvalue weighted by atomic mass is 32.2. The number of rotatable bonds is 10. The second kappa shape index (κ2) is 15.0. The minimum atomic E-state index is -1.01. The molecule has 0 unspecified atom stereocenters. The molecular formula is C22H28F3N3O5S. The molecule has 0 atom stereocenters. The van der Waals surface area contributed by atoms with Crippen LogP contribution in [0.4, 0.5) is 18.0 Å². The zero-order valence-corrected chi connectivity index (χ0v) is 20.1. The summed E-state index contributed by atoms with van der Waals surface area (Å²) in [5.74, 6) is -3.91. The Balaban J connectivity index is 0.00000281. The number of benzene rings is 2. The molecule has 8 nitrogen and oxygen atoms in total. The third-order valence-electron chi connectivity index (χ3n) is 3.95. The first-order chi connectivity index (χ1) is 16.2. The standard InChI is InChI=1S/C20H22F3N3O5S.C2H6/c1-3-30-20(28)25(2)8-9-26(12-18(27)24-29)32-15-10-16(22)19(17(23)11-15)31-14-6-4-13(21)5-7-14;1-2/h4-7,10-11,29H,3,8-9,12H2,1-2H3,(H,24,27);1-2H3. The van der Waals surface area contributed by atoms with Crippen molar-refractivity contribution in [1.82, 2.24) is 14.7 Å². The number of hydrogen-bond donors (Lipinski definition) is 2. The molecule has 2 amide bonds. The van der Waals surface area contributed by atoms with Crippen molar-refractivity contribution < 1.29 is 37.4 Å². The van der Waals surface area contributed by atoms with Crippen molar-refractivity contribution in [3.8, 4) is 11.5 Å². The van der Waals surface area contributed by atoms with Crippen molar-refractivity contribution in [2.45, 2.75) is 25.7 Å². The van der Waals surface area contributed by atoms with Crippen LogP contribution in [0.15, 0.2) is 41.3 Å². The zero-order chi connectivity index (χ0) is 25.7. The van der Waals surface area contributed by atoms with Gasteiger partial charge in [0.1, 0.15) is 11.6 Å². The van der Waals surface area contributed by atoms with Gasteiger partial charge < -0.3 is 14.4 Å². The van der Waals surface area contributed by atoms with Crippen molar-refractivity contribution in [3.05, 3.63) is 53.8 Å². The Bertz CT molecular complexity index is 911. The summed E-state index contributed by atoms with van der Waals surface area (Å²) in [4.78, 5) is 24.7. The summed E-state index contributed by atoms with van der Waals surface area (Å²) in [6.07, 6.45) is -0.566. The number of hydroxylamine groups is 1. The molecule has 0 fully saturated rings. The van der Waals surface area contributed by atoms with E-state index in [2.05, 4.69) is 0 Å². The lowest BCUT2D eigenvalue weighted by atomic mass is 10.3. The fraction of sp³-hybridized carbons (Fsp3) is 0.364. The van der Waals surface area contributed by atoms with Gasteiger partial charge in [-0.2, -0.15) is 0 Å². The lowest BCUT2D eigenvalue weighted by Crippen LogP contribution is -2.38. The molecule has 0 aliphatic heterocycles. The minimum absolute atomic E-state index is 0.0489. The van der Waals surface area contributed by atoms with E-state index in [1.165, 1.54) is 33.9 Å². The fourth-order valence-corrected chi connectivity index (χ4v) is 3.36. The van der Waals surface area contributed by atoms with Crippen LogP contribution in [0, 0.1) is 17.5 Å². The largest absolute Gasteiger partial charge is 0.451 e. The zero-order valence-electron chi connectivity index (χ0n) is 19.3. The van der Waals surface area contributed by atoms with E-state index in [1.54, 1.807) is 6.92 Å². The van der Waals surface area contributed by atoms with Crippen LogP contribution in [0.5, 0.6) is 11.5 Å². The van der Waals surface area contributed by atoms with E-state index in [0.717, 1.165) is 36.2 Å². The van der Waals surface area contributed by atoms with Gasteiger partial charge in [0.2, 0.25) is 0 Å². The Morgan fingerprint density at radius 1 is 1.06 bits per heavy atom.